The highest BCUT2D eigenvalue weighted by Gasteiger charge is 2.49. The predicted octanol–water partition coefficient (Wildman–Crippen LogP) is -3.51. The summed E-state index contributed by atoms with van der Waals surface area (Å²) in [5, 5.41) is 0. The summed E-state index contributed by atoms with van der Waals surface area (Å²) in [7, 11) is 0. The molecule has 114 valence electrons. The van der Waals surface area contributed by atoms with Crippen molar-refractivity contribution in [2.45, 2.75) is 12.8 Å². The summed E-state index contributed by atoms with van der Waals surface area (Å²) in [6.07, 6.45) is 1.85. The minimum atomic E-state index is 0. The number of hydrogen-bond donors (Lipinski definition) is 0. The van der Waals surface area contributed by atoms with Crippen LogP contribution in [0.5, 0.6) is 0 Å². The fourth-order valence-corrected chi connectivity index (χ4v) is 4.29. The van der Waals surface area contributed by atoms with E-state index in [9.17, 15) is 4.79 Å². The lowest BCUT2D eigenvalue weighted by Crippen LogP contribution is -3.00. The van der Waals surface area contributed by atoms with E-state index in [1.807, 2.05) is 0 Å². The zero-order valence-corrected chi connectivity index (χ0v) is 13.4. The molecule has 0 aromatic rings. The van der Waals surface area contributed by atoms with Crippen molar-refractivity contribution in [3.63, 3.8) is 0 Å². The molecule has 5 aliphatic heterocycles. The molecular formula is C13H23BrN4O2. The molecule has 0 spiro atoms. The summed E-state index contributed by atoms with van der Waals surface area (Å²) in [5.74, 6) is 0.716. The second-order valence-corrected chi connectivity index (χ2v) is 6.71. The van der Waals surface area contributed by atoms with Crippen LogP contribution in [0.25, 0.3) is 0 Å². The molecule has 5 aliphatic rings. The highest BCUT2D eigenvalue weighted by atomic mass is 79.9. The van der Waals surface area contributed by atoms with E-state index in [0.29, 0.717) is 12.3 Å². The Balaban J connectivity index is 0.00000121. The van der Waals surface area contributed by atoms with E-state index in [4.69, 9.17) is 4.74 Å². The van der Waals surface area contributed by atoms with Crippen LogP contribution in [-0.2, 0) is 9.53 Å². The molecule has 0 saturated carbocycles. The molecule has 0 aromatic heterocycles. The molecule has 0 N–H and O–H groups in total. The summed E-state index contributed by atoms with van der Waals surface area (Å²) in [5.41, 5.74) is 0. The van der Waals surface area contributed by atoms with Gasteiger partial charge in [-0.05, 0) is 12.8 Å². The Morgan fingerprint density at radius 2 is 1.50 bits per heavy atom. The number of Topliss-reactive ketones (excluding diaryl/α,β-unsaturated/α-hetero) is 1. The van der Waals surface area contributed by atoms with Gasteiger partial charge in [-0.1, -0.05) is 0 Å². The van der Waals surface area contributed by atoms with Crippen molar-refractivity contribution < 1.29 is 31.0 Å². The monoisotopic (exact) mass is 346 g/mol. The Kier molecular flexibility index (Phi) is 4.18. The SMILES string of the molecule is O=C(C[N+]12CN3CN(CN(C3)C1)C2)C1CCOCC1.[Br-]. The first kappa shape index (κ1) is 14.9. The van der Waals surface area contributed by atoms with Gasteiger partial charge in [0.2, 0.25) is 0 Å². The lowest BCUT2D eigenvalue weighted by Gasteiger charge is -2.60. The van der Waals surface area contributed by atoms with Crippen molar-refractivity contribution in [1.82, 2.24) is 14.7 Å². The van der Waals surface area contributed by atoms with Crippen LogP contribution < -0.4 is 17.0 Å². The fourth-order valence-electron chi connectivity index (χ4n) is 4.29. The zero-order valence-electron chi connectivity index (χ0n) is 11.8. The molecule has 0 radical (unpaired) electrons. The highest BCUT2D eigenvalue weighted by Crippen LogP contribution is 2.29. The van der Waals surface area contributed by atoms with E-state index in [0.717, 1.165) is 70.6 Å². The van der Waals surface area contributed by atoms with Crippen LogP contribution in [0.15, 0.2) is 0 Å². The lowest BCUT2D eigenvalue weighted by atomic mass is 9.94. The van der Waals surface area contributed by atoms with Gasteiger partial charge in [0.1, 0.15) is 26.6 Å². The highest BCUT2D eigenvalue weighted by molar-refractivity contribution is 5.82. The Morgan fingerprint density at radius 1 is 1.00 bits per heavy atom. The number of quaternary nitrogens is 1. The van der Waals surface area contributed by atoms with Gasteiger partial charge in [0.25, 0.3) is 0 Å². The van der Waals surface area contributed by atoms with Gasteiger partial charge < -0.3 is 21.7 Å². The Bertz CT molecular complexity index is 351. The summed E-state index contributed by atoms with van der Waals surface area (Å²) in [6.45, 7) is 8.67. The standard InChI is InChI=1S/C13H23N4O2.BrH/c18-13(12-1-3-19-4-2-12)5-17-9-14-6-15(10-17)8-16(7-14)11-17;/h12H,1-11H2;1H/q+1;/p-1. The summed E-state index contributed by atoms with van der Waals surface area (Å²) < 4.78 is 6.30. The largest absolute Gasteiger partial charge is 1.00 e. The third kappa shape index (κ3) is 2.67. The molecular weight excluding hydrogens is 324 g/mol. The second-order valence-electron chi connectivity index (χ2n) is 6.71. The first-order chi connectivity index (χ1) is 9.22. The molecule has 5 rings (SSSR count). The minimum absolute atomic E-state index is 0. The molecule has 0 amide bonds. The van der Waals surface area contributed by atoms with Crippen molar-refractivity contribution in [3.05, 3.63) is 0 Å². The summed E-state index contributed by atoms with van der Waals surface area (Å²) in [4.78, 5) is 20.0. The van der Waals surface area contributed by atoms with E-state index < -0.39 is 0 Å². The molecule has 4 bridgehead atoms. The van der Waals surface area contributed by atoms with Crippen LogP contribution in [-0.4, -0.2) is 84.7 Å². The first-order valence-corrected chi connectivity index (χ1v) is 7.35. The van der Waals surface area contributed by atoms with Gasteiger partial charge in [0.15, 0.2) is 5.78 Å². The number of halogens is 1. The van der Waals surface area contributed by atoms with Gasteiger partial charge >= 0.3 is 0 Å². The third-order valence-corrected chi connectivity index (χ3v) is 4.87. The number of ether oxygens (including phenoxy) is 1. The lowest BCUT2D eigenvalue weighted by molar-refractivity contribution is -0.973. The van der Waals surface area contributed by atoms with Crippen molar-refractivity contribution in [3.8, 4) is 0 Å². The molecule has 0 unspecified atom stereocenters. The number of carbonyl (C=O) groups is 1. The molecule has 5 fully saturated rings. The molecule has 20 heavy (non-hydrogen) atoms. The Hall–Kier alpha value is -0.0500. The van der Waals surface area contributed by atoms with Crippen molar-refractivity contribution >= 4 is 5.78 Å². The maximum Gasteiger partial charge on any atom is 0.190 e. The predicted molar refractivity (Wildman–Crippen MR) is 68.4 cm³/mol. The normalized spacial score (nSPS) is 43.3. The molecule has 0 aromatic carbocycles. The average Bonchev–Trinajstić information content (AvgIpc) is 2.37. The maximum atomic E-state index is 12.6. The Labute approximate surface area is 130 Å². The van der Waals surface area contributed by atoms with Gasteiger partial charge in [0, 0.05) is 19.1 Å². The molecule has 5 heterocycles. The van der Waals surface area contributed by atoms with Crippen LogP contribution in [0.3, 0.4) is 0 Å². The van der Waals surface area contributed by atoms with Crippen molar-refractivity contribution in [2.75, 3.05) is 59.8 Å². The van der Waals surface area contributed by atoms with Crippen LogP contribution in [0.2, 0.25) is 0 Å². The number of ketones is 1. The third-order valence-electron chi connectivity index (χ3n) is 4.87. The van der Waals surface area contributed by atoms with E-state index in [2.05, 4.69) is 14.7 Å². The van der Waals surface area contributed by atoms with Crippen molar-refractivity contribution in [1.29, 1.82) is 0 Å². The summed E-state index contributed by atoms with van der Waals surface area (Å²) >= 11 is 0. The van der Waals surface area contributed by atoms with Gasteiger partial charge in [-0.2, -0.15) is 0 Å². The van der Waals surface area contributed by atoms with E-state index in [1.165, 1.54) is 0 Å². The molecule has 5 saturated heterocycles. The van der Waals surface area contributed by atoms with Crippen LogP contribution in [0, 0.1) is 5.92 Å². The van der Waals surface area contributed by atoms with Crippen molar-refractivity contribution in [2.24, 2.45) is 5.92 Å². The first-order valence-electron chi connectivity index (χ1n) is 7.35. The smallest absolute Gasteiger partial charge is 0.190 e. The van der Waals surface area contributed by atoms with E-state index >= 15 is 0 Å². The topological polar surface area (TPSA) is 36.0 Å². The van der Waals surface area contributed by atoms with Crippen LogP contribution in [0.4, 0.5) is 0 Å². The number of carbonyl (C=O) groups excluding carboxylic acids is 1. The van der Waals surface area contributed by atoms with Crippen LogP contribution >= 0.6 is 0 Å². The van der Waals surface area contributed by atoms with Gasteiger partial charge in [-0.15, -0.1) is 0 Å². The Morgan fingerprint density at radius 3 is 2.00 bits per heavy atom. The van der Waals surface area contributed by atoms with E-state index in [1.54, 1.807) is 0 Å². The molecule has 0 atom stereocenters. The number of hydrogen-bond acceptors (Lipinski definition) is 5. The molecule has 6 nitrogen and oxygen atoms in total. The van der Waals surface area contributed by atoms with Gasteiger partial charge in [-0.3, -0.25) is 9.28 Å². The number of nitrogens with zero attached hydrogens (tertiary/aromatic N) is 4. The zero-order chi connectivity index (χ0) is 12.9. The molecule has 0 aliphatic carbocycles. The van der Waals surface area contributed by atoms with Crippen LogP contribution in [0.1, 0.15) is 12.8 Å². The van der Waals surface area contributed by atoms with E-state index in [-0.39, 0.29) is 22.9 Å². The summed E-state index contributed by atoms with van der Waals surface area (Å²) in [6, 6.07) is 0. The maximum absolute atomic E-state index is 12.6. The average molecular weight is 347 g/mol. The second kappa shape index (κ2) is 5.62. The number of rotatable bonds is 3. The molecule has 7 heteroatoms. The minimum Gasteiger partial charge on any atom is -1.00 e. The fraction of sp³-hybridized carbons (Fsp3) is 0.923. The van der Waals surface area contributed by atoms with Gasteiger partial charge in [-0.25, -0.2) is 14.7 Å². The van der Waals surface area contributed by atoms with Gasteiger partial charge in [0.05, 0.1) is 20.0 Å². The quantitative estimate of drug-likeness (QED) is 0.495.